The molecule has 2 heterocycles. The topological polar surface area (TPSA) is 47.0 Å². The van der Waals surface area contributed by atoms with Crippen molar-refractivity contribution in [1.29, 1.82) is 0 Å². The molecule has 4 nitrogen and oxygen atoms in total. The van der Waals surface area contributed by atoms with E-state index in [0.717, 1.165) is 22.5 Å². The number of pyridine rings is 1. The summed E-state index contributed by atoms with van der Waals surface area (Å²) in [7, 11) is 1.66. The second kappa shape index (κ2) is 8.98. The first-order valence-corrected chi connectivity index (χ1v) is 12.5. The standard InChI is InChI=1S/C24H27N3OS2/c1-28-18-8-12-23(25-14-18)27-17-7-11-20(21(13-17)29-19-9-10-19)22-15-26-24(30-22)16-5-3-2-4-6-16/h7-8,11-16,19H,2-6,9-10H2,1H3,(H,25,27). The average Bonchev–Trinajstić information content (AvgIpc) is 3.47. The molecule has 0 aliphatic heterocycles. The molecule has 6 heteroatoms. The molecule has 2 aromatic heterocycles. The minimum Gasteiger partial charge on any atom is -0.495 e. The van der Waals surface area contributed by atoms with Crippen LogP contribution < -0.4 is 10.1 Å². The van der Waals surface area contributed by atoms with E-state index in [4.69, 9.17) is 9.72 Å². The zero-order valence-electron chi connectivity index (χ0n) is 17.3. The van der Waals surface area contributed by atoms with Crippen LogP contribution in [0, 0.1) is 0 Å². The van der Waals surface area contributed by atoms with Crippen LogP contribution in [0.4, 0.5) is 11.5 Å². The average molecular weight is 438 g/mol. The summed E-state index contributed by atoms with van der Waals surface area (Å²) in [6.45, 7) is 0. The van der Waals surface area contributed by atoms with Crippen molar-refractivity contribution in [2.45, 2.75) is 61.0 Å². The third-order valence-electron chi connectivity index (χ3n) is 5.79. The van der Waals surface area contributed by atoms with E-state index < -0.39 is 0 Å². The predicted molar refractivity (Wildman–Crippen MR) is 126 cm³/mol. The fourth-order valence-electron chi connectivity index (χ4n) is 3.94. The summed E-state index contributed by atoms with van der Waals surface area (Å²) in [6.07, 6.45) is 13.1. The van der Waals surface area contributed by atoms with Gasteiger partial charge in [-0.2, -0.15) is 0 Å². The summed E-state index contributed by atoms with van der Waals surface area (Å²) in [5, 5.41) is 5.52. The van der Waals surface area contributed by atoms with Crippen molar-refractivity contribution in [3.63, 3.8) is 0 Å². The molecule has 0 radical (unpaired) electrons. The number of benzene rings is 1. The van der Waals surface area contributed by atoms with Crippen LogP contribution in [0.2, 0.25) is 0 Å². The van der Waals surface area contributed by atoms with E-state index in [1.54, 1.807) is 13.3 Å². The van der Waals surface area contributed by atoms with E-state index >= 15 is 0 Å². The lowest BCUT2D eigenvalue weighted by Crippen LogP contribution is -2.03. The number of hydrogen-bond donors (Lipinski definition) is 1. The molecule has 2 saturated carbocycles. The molecule has 1 N–H and O–H groups in total. The fourth-order valence-corrected chi connectivity index (χ4v) is 6.36. The Morgan fingerprint density at radius 3 is 2.60 bits per heavy atom. The molecular weight excluding hydrogens is 410 g/mol. The maximum absolute atomic E-state index is 5.20. The molecule has 0 amide bonds. The number of methoxy groups -OCH3 is 1. The molecule has 2 aliphatic carbocycles. The van der Waals surface area contributed by atoms with Crippen molar-refractivity contribution >= 4 is 34.6 Å². The highest BCUT2D eigenvalue weighted by Crippen LogP contribution is 2.46. The molecule has 0 bridgehead atoms. The number of hydrogen-bond acceptors (Lipinski definition) is 6. The Bertz CT molecular complexity index is 992. The molecule has 0 spiro atoms. The van der Waals surface area contributed by atoms with Crippen LogP contribution in [0.3, 0.4) is 0 Å². The second-order valence-electron chi connectivity index (χ2n) is 8.13. The maximum Gasteiger partial charge on any atom is 0.137 e. The Morgan fingerprint density at radius 1 is 1.00 bits per heavy atom. The van der Waals surface area contributed by atoms with Crippen molar-refractivity contribution < 1.29 is 4.74 Å². The summed E-state index contributed by atoms with van der Waals surface area (Å²) in [5.41, 5.74) is 2.39. The van der Waals surface area contributed by atoms with Crippen molar-refractivity contribution in [2.24, 2.45) is 0 Å². The van der Waals surface area contributed by atoms with Crippen LogP contribution in [0.15, 0.2) is 47.6 Å². The van der Waals surface area contributed by atoms with Gasteiger partial charge in [-0.15, -0.1) is 23.1 Å². The Morgan fingerprint density at radius 2 is 1.87 bits per heavy atom. The SMILES string of the molecule is COc1ccc(Nc2ccc(-c3cnc(C4CCCCC4)s3)c(SC3CC3)c2)nc1. The summed E-state index contributed by atoms with van der Waals surface area (Å²) >= 11 is 3.90. The van der Waals surface area contributed by atoms with Crippen molar-refractivity contribution in [3.05, 3.63) is 47.7 Å². The minimum atomic E-state index is 0.666. The Balaban J connectivity index is 1.39. The number of rotatable bonds is 7. The normalized spacial score (nSPS) is 17.1. The van der Waals surface area contributed by atoms with E-state index in [9.17, 15) is 0 Å². The highest BCUT2D eigenvalue weighted by atomic mass is 32.2. The Labute approximate surface area is 186 Å². The molecule has 5 rings (SSSR count). The summed E-state index contributed by atoms with van der Waals surface area (Å²) in [5.74, 6) is 2.25. The van der Waals surface area contributed by atoms with Gasteiger partial charge in [0.05, 0.1) is 23.2 Å². The molecule has 3 aromatic rings. The first-order valence-electron chi connectivity index (χ1n) is 10.8. The number of ether oxygens (including phenoxy) is 1. The third kappa shape index (κ3) is 4.65. The van der Waals surface area contributed by atoms with Crippen molar-refractivity contribution in [1.82, 2.24) is 9.97 Å². The number of anilines is 2. The molecule has 30 heavy (non-hydrogen) atoms. The largest absolute Gasteiger partial charge is 0.495 e. The van der Waals surface area contributed by atoms with Crippen molar-refractivity contribution in [2.75, 3.05) is 12.4 Å². The highest BCUT2D eigenvalue weighted by molar-refractivity contribution is 8.00. The van der Waals surface area contributed by atoms with Gasteiger partial charge in [0, 0.05) is 33.5 Å². The van der Waals surface area contributed by atoms with Gasteiger partial charge >= 0.3 is 0 Å². The predicted octanol–water partition coefficient (Wildman–Crippen LogP) is 7.26. The minimum absolute atomic E-state index is 0.666. The first kappa shape index (κ1) is 19.9. The summed E-state index contributed by atoms with van der Waals surface area (Å²) in [4.78, 5) is 11.9. The lowest BCUT2D eigenvalue weighted by molar-refractivity contribution is 0.413. The Hall–Kier alpha value is -2.05. The number of thiazole rings is 1. The van der Waals surface area contributed by atoms with Gasteiger partial charge < -0.3 is 10.1 Å². The molecule has 1 aromatic carbocycles. The van der Waals surface area contributed by atoms with Crippen LogP contribution in [-0.4, -0.2) is 22.3 Å². The first-order chi connectivity index (χ1) is 14.8. The smallest absolute Gasteiger partial charge is 0.137 e. The van der Waals surface area contributed by atoms with E-state index in [-0.39, 0.29) is 0 Å². The van der Waals surface area contributed by atoms with Crippen LogP contribution in [0.1, 0.15) is 55.9 Å². The molecule has 0 unspecified atom stereocenters. The van der Waals surface area contributed by atoms with Crippen LogP contribution in [-0.2, 0) is 0 Å². The summed E-state index contributed by atoms with van der Waals surface area (Å²) < 4.78 is 5.20. The molecule has 156 valence electrons. The van der Waals surface area contributed by atoms with E-state index in [0.29, 0.717) is 5.92 Å². The molecule has 0 saturated heterocycles. The second-order valence-corrected chi connectivity index (χ2v) is 10.5. The zero-order chi connectivity index (χ0) is 20.3. The quantitative estimate of drug-likeness (QED) is 0.421. The number of thioether (sulfide) groups is 1. The highest BCUT2D eigenvalue weighted by Gasteiger charge is 2.25. The van der Waals surface area contributed by atoms with Crippen LogP contribution in [0.25, 0.3) is 10.4 Å². The molecule has 2 fully saturated rings. The van der Waals surface area contributed by atoms with Gasteiger partial charge in [0.25, 0.3) is 0 Å². The van der Waals surface area contributed by atoms with Crippen LogP contribution >= 0.6 is 23.1 Å². The molecule has 0 atom stereocenters. The third-order valence-corrected chi connectivity index (χ3v) is 8.38. The maximum atomic E-state index is 5.20. The van der Waals surface area contributed by atoms with Gasteiger partial charge in [0.15, 0.2) is 0 Å². The Kier molecular flexibility index (Phi) is 5.95. The number of nitrogens with zero attached hydrogens (tertiary/aromatic N) is 2. The molecular formula is C24H27N3OS2. The van der Waals surface area contributed by atoms with Gasteiger partial charge in [-0.05, 0) is 49.9 Å². The van der Waals surface area contributed by atoms with Gasteiger partial charge in [0.2, 0.25) is 0 Å². The van der Waals surface area contributed by atoms with E-state index in [2.05, 4.69) is 34.7 Å². The van der Waals surface area contributed by atoms with Gasteiger partial charge in [-0.1, -0.05) is 25.3 Å². The van der Waals surface area contributed by atoms with Crippen LogP contribution in [0.5, 0.6) is 5.75 Å². The summed E-state index contributed by atoms with van der Waals surface area (Å²) in [6, 6.07) is 10.5. The van der Waals surface area contributed by atoms with Gasteiger partial charge in [-0.3, -0.25) is 0 Å². The molecule has 2 aliphatic rings. The zero-order valence-corrected chi connectivity index (χ0v) is 18.9. The fraction of sp³-hybridized carbons (Fsp3) is 0.417. The van der Waals surface area contributed by atoms with Gasteiger partial charge in [-0.25, -0.2) is 9.97 Å². The number of nitrogens with one attached hydrogen (secondary N) is 1. The van der Waals surface area contributed by atoms with Gasteiger partial charge in [0.1, 0.15) is 11.6 Å². The van der Waals surface area contributed by atoms with Crippen molar-refractivity contribution in [3.8, 4) is 16.2 Å². The lowest BCUT2D eigenvalue weighted by Gasteiger charge is -2.18. The van der Waals surface area contributed by atoms with E-state index in [1.807, 2.05) is 35.2 Å². The number of aromatic nitrogens is 2. The van der Waals surface area contributed by atoms with E-state index in [1.165, 1.54) is 65.3 Å². The monoisotopic (exact) mass is 437 g/mol. The lowest BCUT2D eigenvalue weighted by atomic mass is 9.90.